The summed E-state index contributed by atoms with van der Waals surface area (Å²) in [5.41, 5.74) is 0.640. The lowest BCUT2D eigenvalue weighted by atomic mass is 10.1. The van der Waals surface area contributed by atoms with Crippen molar-refractivity contribution in [3.05, 3.63) is 62.6 Å². The highest BCUT2D eigenvalue weighted by atomic mass is 79.9. The molecule has 0 aromatic heterocycles. The van der Waals surface area contributed by atoms with Crippen LogP contribution in [0, 0.1) is 16.0 Å². The quantitative estimate of drug-likeness (QED) is 0.354. The molecule has 9 nitrogen and oxygen atoms in total. The van der Waals surface area contributed by atoms with Gasteiger partial charge in [0.05, 0.1) is 12.0 Å². The number of nitrogens with one attached hydrogen (secondary N) is 1. The molecule has 0 heterocycles. The Labute approximate surface area is 201 Å². The number of halogens is 1. The Bertz CT molecular complexity index is 998. The highest BCUT2D eigenvalue weighted by molar-refractivity contribution is 9.10. The van der Waals surface area contributed by atoms with Crippen LogP contribution in [0.15, 0.2) is 46.9 Å². The minimum Gasteiger partial charge on any atom is -0.490 e. The van der Waals surface area contributed by atoms with Crippen molar-refractivity contribution < 1.29 is 24.0 Å². The van der Waals surface area contributed by atoms with E-state index in [2.05, 4.69) is 21.2 Å². The second-order valence-corrected chi connectivity index (χ2v) is 8.76. The first kappa shape index (κ1) is 26.1. The average Bonchev–Trinajstić information content (AvgIpc) is 2.78. The first-order valence-electron chi connectivity index (χ1n) is 10.4. The minimum absolute atomic E-state index is 0.0253. The normalized spacial score (nSPS) is 11.6. The molecular formula is C23H28BrN3O6. The first-order valence-corrected chi connectivity index (χ1v) is 11.2. The van der Waals surface area contributed by atoms with Crippen molar-refractivity contribution in [3.8, 4) is 11.5 Å². The number of hydrogen-bond donors (Lipinski definition) is 1. The van der Waals surface area contributed by atoms with E-state index in [9.17, 15) is 19.7 Å². The second kappa shape index (κ2) is 12.2. The van der Waals surface area contributed by atoms with Crippen LogP contribution >= 0.6 is 15.9 Å². The van der Waals surface area contributed by atoms with Gasteiger partial charge in [0.2, 0.25) is 11.7 Å². The molecule has 0 fully saturated rings. The zero-order valence-corrected chi connectivity index (χ0v) is 20.6. The molecule has 1 atom stereocenters. The number of nitro groups is 1. The molecular weight excluding hydrogens is 494 g/mol. The summed E-state index contributed by atoms with van der Waals surface area (Å²) in [6, 6.07) is 10.7. The van der Waals surface area contributed by atoms with Gasteiger partial charge in [0, 0.05) is 29.7 Å². The van der Waals surface area contributed by atoms with Gasteiger partial charge in [-0.2, -0.15) is 0 Å². The second-order valence-electron chi connectivity index (χ2n) is 7.85. The van der Waals surface area contributed by atoms with Gasteiger partial charge in [-0.1, -0.05) is 41.9 Å². The van der Waals surface area contributed by atoms with E-state index in [1.165, 1.54) is 30.2 Å². The Morgan fingerprint density at radius 2 is 1.91 bits per heavy atom. The lowest BCUT2D eigenvalue weighted by Crippen LogP contribution is -2.49. The van der Waals surface area contributed by atoms with E-state index in [1.54, 1.807) is 6.92 Å². The van der Waals surface area contributed by atoms with Crippen molar-refractivity contribution in [2.75, 3.05) is 20.3 Å². The van der Waals surface area contributed by atoms with Crippen LogP contribution in [0.5, 0.6) is 11.5 Å². The summed E-state index contributed by atoms with van der Waals surface area (Å²) in [6.07, 6.45) is 0. The molecule has 0 aliphatic rings. The molecule has 0 saturated heterocycles. The summed E-state index contributed by atoms with van der Waals surface area (Å²) in [6.45, 7) is 6.00. The van der Waals surface area contributed by atoms with Crippen molar-refractivity contribution in [1.29, 1.82) is 0 Å². The van der Waals surface area contributed by atoms with Crippen LogP contribution in [0.4, 0.5) is 5.69 Å². The number of benzene rings is 2. The SMILES string of the molecule is COc1cc(OCC(=O)N(Cc2cccc(Br)c2)[C@@H](C)C(=O)NCC(C)C)ccc1[N+](=O)[O-]. The molecule has 33 heavy (non-hydrogen) atoms. The average molecular weight is 522 g/mol. The molecule has 2 aromatic carbocycles. The van der Waals surface area contributed by atoms with Crippen LogP contribution in [0.25, 0.3) is 0 Å². The highest BCUT2D eigenvalue weighted by Gasteiger charge is 2.27. The van der Waals surface area contributed by atoms with Crippen LogP contribution < -0.4 is 14.8 Å². The van der Waals surface area contributed by atoms with E-state index < -0.39 is 16.9 Å². The van der Waals surface area contributed by atoms with E-state index in [0.717, 1.165) is 10.0 Å². The number of carbonyl (C=O) groups excluding carboxylic acids is 2. The van der Waals surface area contributed by atoms with Gasteiger partial charge in [-0.25, -0.2) is 0 Å². The fourth-order valence-corrected chi connectivity index (χ4v) is 3.44. The Hall–Kier alpha value is -3.14. The summed E-state index contributed by atoms with van der Waals surface area (Å²) < 4.78 is 11.5. The number of amides is 2. The van der Waals surface area contributed by atoms with Crippen molar-refractivity contribution in [1.82, 2.24) is 10.2 Å². The molecule has 0 bridgehead atoms. The third kappa shape index (κ3) is 7.74. The van der Waals surface area contributed by atoms with Gasteiger partial charge in [-0.3, -0.25) is 19.7 Å². The number of carbonyl (C=O) groups is 2. The Kier molecular flexibility index (Phi) is 9.65. The Morgan fingerprint density at radius 1 is 1.18 bits per heavy atom. The van der Waals surface area contributed by atoms with Gasteiger partial charge in [0.25, 0.3) is 5.91 Å². The number of rotatable bonds is 11. The monoisotopic (exact) mass is 521 g/mol. The fraction of sp³-hybridized carbons (Fsp3) is 0.391. The molecule has 2 rings (SSSR count). The summed E-state index contributed by atoms with van der Waals surface area (Å²) in [4.78, 5) is 37.7. The third-order valence-corrected chi connectivity index (χ3v) is 5.30. The maximum absolute atomic E-state index is 13.1. The first-order chi connectivity index (χ1) is 15.6. The lowest BCUT2D eigenvalue weighted by Gasteiger charge is -2.29. The van der Waals surface area contributed by atoms with E-state index in [1.807, 2.05) is 38.1 Å². The topological polar surface area (TPSA) is 111 Å². The molecule has 0 radical (unpaired) electrons. The maximum atomic E-state index is 13.1. The van der Waals surface area contributed by atoms with Gasteiger partial charge < -0.3 is 19.7 Å². The van der Waals surface area contributed by atoms with Crippen molar-refractivity contribution in [3.63, 3.8) is 0 Å². The van der Waals surface area contributed by atoms with Crippen molar-refractivity contribution in [2.45, 2.75) is 33.4 Å². The molecule has 0 aliphatic carbocycles. The van der Waals surface area contributed by atoms with Gasteiger partial charge in [-0.15, -0.1) is 0 Å². The zero-order valence-electron chi connectivity index (χ0n) is 19.0. The predicted octanol–water partition coefficient (Wildman–Crippen LogP) is 3.93. The van der Waals surface area contributed by atoms with E-state index in [0.29, 0.717) is 6.54 Å². The minimum atomic E-state index is -0.731. The molecule has 0 aliphatic heterocycles. The molecule has 0 saturated carbocycles. The smallest absolute Gasteiger partial charge is 0.311 e. The number of nitrogens with zero attached hydrogens (tertiary/aromatic N) is 2. The Morgan fingerprint density at radius 3 is 2.52 bits per heavy atom. The Balaban J connectivity index is 2.18. The molecule has 178 valence electrons. The van der Waals surface area contributed by atoms with Crippen LogP contribution in [0.2, 0.25) is 0 Å². The zero-order chi connectivity index (χ0) is 24.5. The summed E-state index contributed by atoms with van der Waals surface area (Å²) >= 11 is 3.42. The lowest BCUT2D eigenvalue weighted by molar-refractivity contribution is -0.385. The van der Waals surface area contributed by atoms with Crippen LogP contribution in [0.3, 0.4) is 0 Å². The van der Waals surface area contributed by atoms with E-state index in [4.69, 9.17) is 9.47 Å². The number of nitro benzene ring substituents is 1. The largest absolute Gasteiger partial charge is 0.490 e. The van der Waals surface area contributed by atoms with Gasteiger partial charge >= 0.3 is 5.69 Å². The van der Waals surface area contributed by atoms with Gasteiger partial charge in [0.15, 0.2) is 6.61 Å². The molecule has 1 N–H and O–H groups in total. The van der Waals surface area contributed by atoms with Gasteiger partial charge in [-0.05, 0) is 36.6 Å². The molecule has 0 unspecified atom stereocenters. The fourth-order valence-electron chi connectivity index (χ4n) is 2.99. The van der Waals surface area contributed by atoms with Crippen LogP contribution in [0.1, 0.15) is 26.3 Å². The van der Waals surface area contributed by atoms with Crippen LogP contribution in [-0.4, -0.2) is 47.9 Å². The van der Waals surface area contributed by atoms with Crippen molar-refractivity contribution >= 4 is 33.4 Å². The maximum Gasteiger partial charge on any atom is 0.311 e. The van der Waals surface area contributed by atoms with Crippen molar-refractivity contribution in [2.24, 2.45) is 5.92 Å². The summed E-state index contributed by atoms with van der Waals surface area (Å²) in [7, 11) is 1.31. The van der Waals surface area contributed by atoms with E-state index >= 15 is 0 Å². The van der Waals surface area contributed by atoms with Crippen LogP contribution in [-0.2, 0) is 16.1 Å². The number of ether oxygens (including phenoxy) is 2. The number of hydrogen-bond acceptors (Lipinski definition) is 6. The standard InChI is InChI=1S/C23H28BrN3O6/c1-15(2)12-25-23(29)16(3)26(13-17-6-5-7-18(24)10-17)22(28)14-33-19-8-9-20(27(30)31)21(11-19)32-4/h5-11,15-16H,12-14H2,1-4H3,(H,25,29)/t16-/m0/s1. The predicted molar refractivity (Wildman–Crippen MR) is 127 cm³/mol. The van der Waals surface area contributed by atoms with E-state index in [-0.39, 0.29) is 42.2 Å². The third-order valence-electron chi connectivity index (χ3n) is 4.80. The molecule has 2 amide bonds. The molecule has 2 aromatic rings. The summed E-state index contributed by atoms with van der Waals surface area (Å²) in [5.74, 6) is -0.123. The summed E-state index contributed by atoms with van der Waals surface area (Å²) in [5, 5.41) is 13.9. The number of methoxy groups -OCH3 is 1. The van der Waals surface area contributed by atoms with Gasteiger partial charge in [0.1, 0.15) is 11.8 Å². The molecule has 0 spiro atoms. The molecule has 10 heteroatoms. The highest BCUT2D eigenvalue weighted by Crippen LogP contribution is 2.30.